The highest BCUT2D eigenvalue weighted by Crippen LogP contribution is 2.70. The second-order valence-electron chi connectivity index (χ2n) is 11.4. The molecule has 7 nitrogen and oxygen atoms in total. The summed E-state index contributed by atoms with van der Waals surface area (Å²) in [7, 11) is 0. The number of halogens is 1. The fraction of sp³-hybridized carbons (Fsp3) is 0.714. The Morgan fingerprint density at radius 2 is 1.83 bits per heavy atom. The van der Waals surface area contributed by atoms with Gasteiger partial charge in [0.15, 0.2) is 18.0 Å². The highest BCUT2D eigenvalue weighted by atomic mass is 79.9. The Balaban J connectivity index is 1.79. The second kappa shape index (κ2) is 9.50. The molecule has 9 atom stereocenters. The average molecular weight is 566 g/mol. The van der Waals surface area contributed by atoms with Gasteiger partial charge in [0.25, 0.3) is 0 Å². The van der Waals surface area contributed by atoms with E-state index in [-0.39, 0.29) is 53.5 Å². The molecule has 3 saturated carbocycles. The average Bonchev–Trinajstić information content (AvgIpc) is 3.04. The number of alkyl halides is 1. The van der Waals surface area contributed by atoms with E-state index in [1.807, 2.05) is 19.9 Å². The number of ether oxygens (including phenoxy) is 2. The number of hydrogen-bond donors (Lipinski definition) is 1. The quantitative estimate of drug-likeness (QED) is 0.382. The number of carbonyl (C=O) groups excluding carboxylic acids is 4. The number of esters is 2. The van der Waals surface area contributed by atoms with Gasteiger partial charge >= 0.3 is 11.9 Å². The van der Waals surface area contributed by atoms with Crippen molar-refractivity contribution in [2.45, 2.75) is 83.3 Å². The van der Waals surface area contributed by atoms with Gasteiger partial charge in [-0.1, -0.05) is 62.2 Å². The maximum absolute atomic E-state index is 13.9. The van der Waals surface area contributed by atoms with Gasteiger partial charge in [-0.25, -0.2) is 0 Å². The standard InChI is InChI=1S/C28H37BrO7/c1-6-22(33)35-14-21(32)28(36-23(34)7-2)15(3)10-18-24-19(29)12-16-11-17(30)8-9-26(16,4)25(24)20(31)13-27(18,28)5/h8-9,11,15,18-20,24-25,31H,6-7,10,12-14H2,1-5H3/t15-,18+,19-,20+,24-,25+,26+,27+,28-/m1/s1. The molecule has 0 aromatic rings. The lowest BCUT2D eigenvalue weighted by atomic mass is 9.46. The largest absolute Gasteiger partial charge is 0.457 e. The number of allylic oxidation sites excluding steroid dienone is 4. The van der Waals surface area contributed by atoms with E-state index in [2.05, 4.69) is 22.9 Å². The van der Waals surface area contributed by atoms with Crippen LogP contribution < -0.4 is 0 Å². The van der Waals surface area contributed by atoms with Crippen molar-refractivity contribution in [3.8, 4) is 0 Å². The van der Waals surface area contributed by atoms with Gasteiger partial charge in [-0.05, 0) is 43.3 Å². The summed E-state index contributed by atoms with van der Waals surface area (Å²) in [4.78, 5) is 50.6. The van der Waals surface area contributed by atoms with E-state index >= 15 is 0 Å². The summed E-state index contributed by atoms with van der Waals surface area (Å²) in [5.74, 6) is -1.99. The number of fused-ring (bicyclic) bond motifs is 5. The molecule has 4 rings (SSSR count). The maximum Gasteiger partial charge on any atom is 0.306 e. The molecule has 3 fully saturated rings. The van der Waals surface area contributed by atoms with Crippen LogP contribution in [0.2, 0.25) is 0 Å². The highest BCUT2D eigenvalue weighted by Gasteiger charge is 2.73. The topological polar surface area (TPSA) is 107 Å². The number of aliphatic hydroxyl groups is 1. The molecule has 0 radical (unpaired) electrons. The number of hydrogen-bond acceptors (Lipinski definition) is 7. The number of ketones is 2. The predicted molar refractivity (Wildman–Crippen MR) is 136 cm³/mol. The lowest BCUT2D eigenvalue weighted by Crippen LogP contribution is -2.65. The Morgan fingerprint density at radius 3 is 2.47 bits per heavy atom. The first-order valence-electron chi connectivity index (χ1n) is 13.0. The van der Waals surface area contributed by atoms with Gasteiger partial charge in [0, 0.05) is 40.3 Å². The second-order valence-corrected chi connectivity index (χ2v) is 12.6. The van der Waals surface area contributed by atoms with Crippen molar-refractivity contribution >= 4 is 39.4 Å². The molecular formula is C28H37BrO7. The van der Waals surface area contributed by atoms with Gasteiger partial charge < -0.3 is 14.6 Å². The van der Waals surface area contributed by atoms with Crippen molar-refractivity contribution in [1.82, 2.24) is 0 Å². The molecule has 36 heavy (non-hydrogen) atoms. The van der Waals surface area contributed by atoms with Crippen LogP contribution in [0.5, 0.6) is 0 Å². The van der Waals surface area contributed by atoms with Crippen LogP contribution in [0.25, 0.3) is 0 Å². The van der Waals surface area contributed by atoms with Crippen LogP contribution in [0.1, 0.15) is 66.7 Å². The fourth-order valence-electron chi connectivity index (χ4n) is 8.04. The summed E-state index contributed by atoms with van der Waals surface area (Å²) >= 11 is 3.89. The maximum atomic E-state index is 13.9. The van der Waals surface area contributed by atoms with Crippen LogP contribution in [-0.2, 0) is 28.7 Å². The molecule has 4 aliphatic rings. The summed E-state index contributed by atoms with van der Waals surface area (Å²) in [5, 5.41) is 11.7. The molecule has 0 aliphatic heterocycles. The Labute approximate surface area is 221 Å². The molecule has 0 bridgehead atoms. The van der Waals surface area contributed by atoms with Crippen molar-refractivity contribution in [2.75, 3.05) is 6.61 Å². The summed E-state index contributed by atoms with van der Waals surface area (Å²) in [5.41, 5.74) is -1.82. The number of Topliss-reactive ketones (excluding diaryl/α,β-unsaturated/α-hetero) is 1. The molecule has 0 spiro atoms. The van der Waals surface area contributed by atoms with Crippen LogP contribution in [0, 0.1) is 34.5 Å². The SMILES string of the molecule is CCC(=O)OCC(=O)[C@]1(OC(=O)CC)[C@H](C)C[C@H]2[C@H]3[C@H]([C@@H](O)C[C@@]21C)[C@@]1(C)C=CC(=O)C=C1C[C@H]3Br. The summed E-state index contributed by atoms with van der Waals surface area (Å²) in [6.45, 7) is 8.84. The molecule has 0 aromatic heterocycles. The number of rotatable bonds is 6. The summed E-state index contributed by atoms with van der Waals surface area (Å²) in [6.07, 6.45) is 6.23. The van der Waals surface area contributed by atoms with E-state index in [1.54, 1.807) is 26.0 Å². The molecule has 0 saturated heterocycles. The zero-order chi connectivity index (χ0) is 26.6. The first-order chi connectivity index (χ1) is 16.9. The highest BCUT2D eigenvalue weighted by molar-refractivity contribution is 9.09. The van der Waals surface area contributed by atoms with Crippen LogP contribution in [0.3, 0.4) is 0 Å². The fourth-order valence-corrected chi connectivity index (χ4v) is 9.08. The molecule has 4 aliphatic carbocycles. The minimum atomic E-state index is -1.51. The normalized spacial score (nSPS) is 43.1. The zero-order valence-electron chi connectivity index (χ0n) is 21.7. The summed E-state index contributed by atoms with van der Waals surface area (Å²) < 4.78 is 11.3. The lowest BCUT2D eigenvalue weighted by Gasteiger charge is -2.61. The number of carbonyl (C=O) groups is 4. The smallest absolute Gasteiger partial charge is 0.306 e. The Hall–Kier alpha value is -1.80. The van der Waals surface area contributed by atoms with Crippen LogP contribution in [0.15, 0.2) is 23.8 Å². The van der Waals surface area contributed by atoms with Gasteiger partial charge in [-0.15, -0.1) is 0 Å². The van der Waals surface area contributed by atoms with Gasteiger partial charge in [0.2, 0.25) is 5.78 Å². The number of aliphatic hydroxyl groups excluding tert-OH is 1. The molecule has 1 N–H and O–H groups in total. The van der Waals surface area contributed by atoms with E-state index in [9.17, 15) is 24.3 Å². The first kappa shape index (κ1) is 27.2. The third kappa shape index (κ3) is 3.85. The molecule has 0 unspecified atom stereocenters. The monoisotopic (exact) mass is 564 g/mol. The van der Waals surface area contributed by atoms with Crippen molar-refractivity contribution in [2.24, 2.45) is 34.5 Å². The minimum absolute atomic E-state index is 0.0155. The molecular weight excluding hydrogens is 528 g/mol. The minimum Gasteiger partial charge on any atom is -0.457 e. The first-order valence-corrected chi connectivity index (χ1v) is 13.9. The zero-order valence-corrected chi connectivity index (χ0v) is 23.3. The van der Waals surface area contributed by atoms with E-state index in [0.717, 1.165) is 5.57 Å². The molecule has 198 valence electrons. The molecule has 0 aromatic carbocycles. The van der Waals surface area contributed by atoms with Crippen LogP contribution in [-0.4, -0.2) is 51.8 Å². The Kier molecular flexibility index (Phi) is 7.19. The molecule has 8 heteroatoms. The van der Waals surface area contributed by atoms with Crippen molar-refractivity contribution in [3.63, 3.8) is 0 Å². The van der Waals surface area contributed by atoms with E-state index in [0.29, 0.717) is 12.8 Å². The Morgan fingerprint density at radius 1 is 1.17 bits per heavy atom. The van der Waals surface area contributed by atoms with Gasteiger partial charge in [-0.3, -0.25) is 19.2 Å². The van der Waals surface area contributed by atoms with Crippen molar-refractivity contribution in [1.29, 1.82) is 0 Å². The van der Waals surface area contributed by atoms with E-state index in [1.165, 1.54) is 0 Å². The van der Waals surface area contributed by atoms with Crippen LogP contribution in [0.4, 0.5) is 0 Å². The summed E-state index contributed by atoms with van der Waals surface area (Å²) in [6, 6.07) is 0. The van der Waals surface area contributed by atoms with E-state index in [4.69, 9.17) is 9.47 Å². The van der Waals surface area contributed by atoms with Crippen molar-refractivity contribution in [3.05, 3.63) is 23.8 Å². The molecule has 0 heterocycles. The molecule has 0 amide bonds. The van der Waals surface area contributed by atoms with Crippen LogP contribution >= 0.6 is 15.9 Å². The predicted octanol–water partition coefficient (Wildman–Crippen LogP) is 4.10. The Bertz CT molecular complexity index is 1030. The van der Waals surface area contributed by atoms with Gasteiger partial charge in [-0.2, -0.15) is 0 Å². The third-order valence-corrected chi connectivity index (χ3v) is 10.6. The van der Waals surface area contributed by atoms with E-state index < -0.39 is 46.9 Å². The van der Waals surface area contributed by atoms with Crippen molar-refractivity contribution < 1.29 is 33.8 Å². The van der Waals surface area contributed by atoms with Gasteiger partial charge in [0.1, 0.15) is 0 Å². The third-order valence-electron chi connectivity index (χ3n) is 9.65. The van der Waals surface area contributed by atoms with Gasteiger partial charge in [0.05, 0.1) is 6.10 Å². The lowest BCUT2D eigenvalue weighted by molar-refractivity contribution is -0.205.